The third kappa shape index (κ3) is 3.38. The molecule has 0 spiro atoms. The molecule has 2 heterocycles. The van der Waals surface area contributed by atoms with Crippen LogP contribution in [0.15, 0.2) is 28.7 Å². The summed E-state index contributed by atoms with van der Waals surface area (Å²) in [6.45, 7) is 0.331. The minimum absolute atomic E-state index is 0.0197. The molecule has 2 atom stereocenters. The zero-order chi connectivity index (χ0) is 17.6. The summed E-state index contributed by atoms with van der Waals surface area (Å²) in [5.74, 6) is 0.267. The Bertz CT molecular complexity index is 759. The Morgan fingerprint density at radius 1 is 0.960 bits per heavy atom. The van der Waals surface area contributed by atoms with Crippen molar-refractivity contribution in [1.82, 2.24) is 4.90 Å². The number of nitrogens with zero attached hydrogens (tertiary/aromatic N) is 2. The van der Waals surface area contributed by atoms with Crippen molar-refractivity contribution in [2.75, 3.05) is 23.0 Å². The van der Waals surface area contributed by atoms with Gasteiger partial charge in [0.25, 0.3) is 0 Å². The summed E-state index contributed by atoms with van der Waals surface area (Å²) in [6, 6.07) is 7.58. The lowest BCUT2D eigenvalue weighted by atomic mass is 9.91. The third-order valence-electron chi connectivity index (χ3n) is 5.79. The van der Waals surface area contributed by atoms with Crippen molar-refractivity contribution in [3.05, 3.63) is 28.7 Å². The first-order valence-corrected chi connectivity index (χ1v) is 11.6. The number of hydrogen-bond donors (Lipinski definition) is 0. The number of carbonyl (C=O) groups excluding carboxylic acids is 1. The smallest absolute Gasteiger partial charge is 0.241 e. The molecule has 0 unspecified atom stereocenters. The Morgan fingerprint density at radius 3 is 2.28 bits per heavy atom. The number of benzene rings is 1. The van der Waals surface area contributed by atoms with E-state index in [0.717, 1.165) is 23.0 Å². The summed E-state index contributed by atoms with van der Waals surface area (Å²) < 4.78 is 25.7. The van der Waals surface area contributed by atoms with Crippen molar-refractivity contribution in [1.29, 1.82) is 0 Å². The number of sulfone groups is 1. The van der Waals surface area contributed by atoms with E-state index in [1.54, 1.807) is 4.90 Å². The van der Waals surface area contributed by atoms with Crippen molar-refractivity contribution < 1.29 is 13.2 Å². The molecule has 25 heavy (non-hydrogen) atoms. The SMILES string of the molecule is O=C1CN(C2CCCCC2)[C@@H]2CS(=O)(=O)C[C@@H]2N1c1ccc(Br)cc1. The van der Waals surface area contributed by atoms with Gasteiger partial charge in [0.2, 0.25) is 5.91 Å². The van der Waals surface area contributed by atoms with Crippen molar-refractivity contribution in [3.8, 4) is 0 Å². The van der Waals surface area contributed by atoms with Crippen LogP contribution in [0.25, 0.3) is 0 Å². The molecule has 5 nitrogen and oxygen atoms in total. The molecular formula is C18H23BrN2O3S. The second-order valence-corrected chi connectivity index (χ2v) is 10.5. The topological polar surface area (TPSA) is 57.7 Å². The monoisotopic (exact) mass is 426 g/mol. The van der Waals surface area contributed by atoms with E-state index in [-0.39, 0.29) is 29.5 Å². The predicted octanol–water partition coefficient (Wildman–Crippen LogP) is 2.60. The molecule has 3 fully saturated rings. The molecule has 2 aliphatic heterocycles. The highest BCUT2D eigenvalue weighted by atomic mass is 79.9. The number of piperazine rings is 1. The van der Waals surface area contributed by atoms with Gasteiger partial charge in [0.1, 0.15) is 0 Å². The fraction of sp³-hybridized carbons (Fsp3) is 0.611. The van der Waals surface area contributed by atoms with Gasteiger partial charge in [-0.3, -0.25) is 9.69 Å². The maximum atomic E-state index is 13.0. The summed E-state index contributed by atoms with van der Waals surface area (Å²) in [7, 11) is -3.12. The van der Waals surface area contributed by atoms with Gasteiger partial charge in [-0.05, 0) is 37.1 Å². The third-order valence-corrected chi connectivity index (χ3v) is 8.01. The van der Waals surface area contributed by atoms with Gasteiger partial charge in [-0.2, -0.15) is 0 Å². The number of hydrogen-bond acceptors (Lipinski definition) is 4. The summed E-state index contributed by atoms with van der Waals surface area (Å²) in [5, 5.41) is 0. The van der Waals surface area contributed by atoms with Crippen LogP contribution in [0, 0.1) is 0 Å². The lowest BCUT2D eigenvalue weighted by Gasteiger charge is -2.47. The van der Waals surface area contributed by atoms with Gasteiger partial charge >= 0.3 is 0 Å². The molecule has 1 aromatic rings. The fourth-order valence-corrected chi connectivity index (χ4v) is 6.88. The molecule has 4 rings (SSSR count). The van der Waals surface area contributed by atoms with E-state index in [9.17, 15) is 13.2 Å². The first-order valence-electron chi connectivity index (χ1n) is 8.98. The number of anilines is 1. The average Bonchev–Trinajstić information content (AvgIpc) is 2.91. The summed E-state index contributed by atoms with van der Waals surface area (Å²) in [4.78, 5) is 16.9. The normalized spacial score (nSPS) is 30.4. The molecule has 2 saturated heterocycles. The second-order valence-electron chi connectivity index (χ2n) is 7.42. The quantitative estimate of drug-likeness (QED) is 0.728. The van der Waals surface area contributed by atoms with E-state index in [1.807, 2.05) is 24.3 Å². The molecule has 7 heteroatoms. The van der Waals surface area contributed by atoms with Crippen LogP contribution in [0.3, 0.4) is 0 Å². The van der Waals surface area contributed by atoms with Gasteiger partial charge in [-0.15, -0.1) is 0 Å². The van der Waals surface area contributed by atoms with E-state index in [4.69, 9.17) is 0 Å². The lowest BCUT2D eigenvalue weighted by Crippen LogP contribution is -2.64. The Labute approximate surface area is 157 Å². The predicted molar refractivity (Wildman–Crippen MR) is 101 cm³/mol. The molecule has 0 N–H and O–H groups in total. The molecule has 0 aromatic heterocycles. The van der Waals surface area contributed by atoms with E-state index in [0.29, 0.717) is 12.6 Å². The van der Waals surface area contributed by atoms with Crippen LogP contribution in [-0.4, -0.2) is 55.4 Å². The van der Waals surface area contributed by atoms with E-state index >= 15 is 0 Å². The van der Waals surface area contributed by atoms with Crippen LogP contribution < -0.4 is 4.90 Å². The Balaban J connectivity index is 1.67. The molecular weight excluding hydrogens is 404 g/mol. The fourth-order valence-electron chi connectivity index (χ4n) is 4.66. The van der Waals surface area contributed by atoms with E-state index < -0.39 is 9.84 Å². The van der Waals surface area contributed by atoms with Crippen molar-refractivity contribution >= 4 is 37.4 Å². The average molecular weight is 427 g/mol. The van der Waals surface area contributed by atoms with Crippen LogP contribution in [0.4, 0.5) is 5.69 Å². The zero-order valence-electron chi connectivity index (χ0n) is 14.1. The first-order chi connectivity index (χ1) is 11.9. The van der Waals surface area contributed by atoms with Crippen LogP contribution >= 0.6 is 15.9 Å². The number of amides is 1. The van der Waals surface area contributed by atoms with Gasteiger partial charge in [0.05, 0.1) is 24.1 Å². The van der Waals surface area contributed by atoms with Crippen LogP contribution in [0.2, 0.25) is 0 Å². The van der Waals surface area contributed by atoms with Gasteiger partial charge in [-0.25, -0.2) is 8.42 Å². The van der Waals surface area contributed by atoms with Crippen LogP contribution in [-0.2, 0) is 14.6 Å². The van der Waals surface area contributed by atoms with Crippen molar-refractivity contribution in [2.24, 2.45) is 0 Å². The molecule has 0 radical (unpaired) electrons. The molecule has 1 saturated carbocycles. The van der Waals surface area contributed by atoms with Gasteiger partial charge in [0.15, 0.2) is 9.84 Å². The number of halogens is 1. The standard InChI is InChI=1S/C18H23BrN2O3S/c19-13-6-8-15(9-7-13)21-17-12-25(23,24)11-16(17)20(10-18(21)22)14-4-2-1-3-5-14/h6-9,14,16-17H,1-5,10-12H2/t16-,17+/m1/s1. The highest BCUT2D eigenvalue weighted by Crippen LogP contribution is 2.35. The highest BCUT2D eigenvalue weighted by Gasteiger charge is 2.51. The number of rotatable bonds is 2. The summed E-state index contributed by atoms with van der Waals surface area (Å²) in [5.41, 5.74) is 0.795. The molecule has 1 amide bonds. The summed E-state index contributed by atoms with van der Waals surface area (Å²) in [6.07, 6.45) is 5.76. The van der Waals surface area contributed by atoms with Crippen LogP contribution in [0.5, 0.6) is 0 Å². The maximum Gasteiger partial charge on any atom is 0.241 e. The first kappa shape index (κ1) is 17.5. The second kappa shape index (κ2) is 6.67. The largest absolute Gasteiger partial charge is 0.306 e. The Morgan fingerprint density at radius 2 is 1.60 bits per heavy atom. The van der Waals surface area contributed by atoms with E-state index in [1.165, 1.54) is 19.3 Å². The Kier molecular flexibility index (Phi) is 4.67. The van der Waals surface area contributed by atoms with Gasteiger partial charge in [0, 0.05) is 22.2 Å². The molecule has 0 bridgehead atoms. The maximum absolute atomic E-state index is 13.0. The van der Waals surface area contributed by atoms with Gasteiger partial charge < -0.3 is 4.90 Å². The molecule has 1 aliphatic carbocycles. The lowest BCUT2D eigenvalue weighted by molar-refractivity contribution is -0.124. The molecule has 3 aliphatic rings. The summed E-state index contributed by atoms with van der Waals surface area (Å²) >= 11 is 3.41. The van der Waals surface area contributed by atoms with Crippen molar-refractivity contribution in [2.45, 2.75) is 50.2 Å². The highest BCUT2D eigenvalue weighted by molar-refractivity contribution is 9.10. The minimum Gasteiger partial charge on any atom is -0.306 e. The van der Waals surface area contributed by atoms with E-state index in [2.05, 4.69) is 20.8 Å². The Hall–Kier alpha value is -0.920. The molecule has 136 valence electrons. The number of carbonyl (C=O) groups is 1. The minimum atomic E-state index is -3.12. The van der Waals surface area contributed by atoms with Crippen LogP contribution in [0.1, 0.15) is 32.1 Å². The van der Waals surface area contributed by atoms with Crippen molar-refractivity contribution in [3.63, 3.8) is 0 Å². The molecule has 1 aromatic carbocycles. The number of fused-ring (bicyclic) bond motifs is 1. The zero-order valence-corrected chi connectivity index (χ0v) is 16.5. The van der Waals surface area contributed by atoms with Gasteiger partial charge in [-0.1, -0.05) is 35.2 Å².